The van der Waals surface area contributed by atoms with E-state index in [1.807, 2.05) is 6.92 Å². The van der Waals surface area contributed by atoms with Crippen LogP contribution in [0.2, 0.25) is 0 Å². The highest BCUT2D eigenvalue weighted by Gasteiger charge is 2.41. The van der Waals surface area contributed by atoms with Gasteiger partial charge in [-0.2, -0.15) is 22.0 Å². The van der Waals surface area contributed by atoms with Crippen LogP contribution in [0.3, 0.4) is 0 Å². The molecule has 2 nitrogen and oxygen atoms in total. The van der Waals surface area contributed by atoms with Crippen molar-refractivity contribution < 1.29 is 49.0 Å². The lowest BCUT2D eigenvalue weighted by molar-refractivity contribution is -0.189. The van der Waals surface area contributed by atoms with Crippen molar-refractivity contribution >= 4 is 0 Å². The fourth-order valence-corrected chi connectivity index (χ4v) is 3.19. The Hall–Kier alpha value is -3.63. The van der Waals surface area contributed by atoms with Crippen LogP contribution in [0.4, 0.5) is 39.5 Å². The number of halogens is 9. The summed E-state index contributed by atoms with van der Waals surface area (Å²) in [6.07, 6.45) is -6.13. The molecule has 0 aliphatic carbocycles. The molecule has 0 radical (unpaired) electrons. The molecule has 0 aliphatic heterocycles. The Morgan fingerprint density at radius 2 is 1.31 bits per heavy atom. The summed E-state index contributed by atoms with van der Waals surface area (Å²) in [5, 5.41) is 0. The highest BCUT2D eigenvalue weighted by molar-refractivity contribution is 5.64. The summed E-state index contributed by atoms with van der Waals surface area (Å²) < 4.78 is 131. The number of hydrogen-bond acceptors (Lipinski definition) is 2. The van der Waals surface area contributed by atoms with Gasteiger partial charge in [0.2, 0.25) is 5.75 Å². The predicted molar refractivity (Wildman–Crippen MR) is 108 cm³/mol. The van der Waals surface area contributed by atoms with Crippen molar-refractivity contribution in [1.82, 2.24) is 0 Å². The normalized spacial score (nSPS) is 11.4. The molecule has 0 unspecified atom stereocenters. The molecule has 0 saturated carbocycles. The number of rotatable bonds is 8. The van der Waals surface area contributed by atoms with Crippen molar-refractivity contribution in [3.05, 3.63) is 95.0 Å². The summed E-state index contributed by atoms with van der Waals surface area (Å²) in [6.45, 7) is 1.97. The first-order valence-electron chi connectivity index (χ1n) is 9.96. The maximum atomic E-state index is 14.6. The lowest BCUT2D eigenvalue weighted by Gasteiger charge is -2.20. The molecular formula is C24H15F9O2. The lowest BCUT2D eigenvalue weighted by atomic mass is 10.00. The van der Waals surface area contributed by atoms with Gasteiger partial charge >= 0.3 is 18.2 Å². The molecule has 0 N–H and O–H groups in total. The van der Waals surface area contributed by atoms with E-state index in [-0.39, 0.29) is 17.7 Å². The second kappa shape index (κ2) is 10.3. The molecule has 0 bridgehead atoms. The second-order valence-corrected chi connectivity index (χ2v) is 7.23. The Morgan fingerprint density at radius 3 is 1.80 bits per heavy atom. The van der Waals surface area contributed by atoms with Crippen molar-refractivity contribution in [1.29, 1.82) is 0 Å². The third kappa shape index (κ3) is 5.90. The number of hydrogen-bond donors (Lipinski definition) is 0. The Bertz CT molecular complexity index is 1200. The fourth-order valence-electron chi connectivity index (χ4n) is 3.19. The van der Waals surface area contributed by atoms with Crippen LogP contribution in [0.15, 0.2) is 60.6 Å². The zero-order valence-electron chi connectivity index (χ0n) is 17.8. The zero-order valence-corrected chi connectivity index (χ0v) is 17.8. The van der Waals surface area contributed by atoms with E-state index >= 15 is 0 Å². The smallest absolute Gasteiger partial charge is 0.429 e. The molecule has 0 aromatic heterocycles. The van der Waals surface area contributed by atoms with Gasteiger partial charge in [-0.15, -0.1) is 0 Å². The van der Waals surface area contributed by atoms with Crippen LogP contribution >= 0.6 is 0 Å². The molecule has 0 atom stereocenters. The summed E-state index contributed by atoms with van der Waals surface area (Å²) in [5.41, 5.74) is -0.558. The highest BCUT2D eigenvalue weighted by Crippen LogP contribution is 2.39. The first-order chi connectivity index (χ1) is 16.4. The van der Waals surface area contributed by atoms with Gasteiger partial charge in [0, 0.05) is 12.1 Å². The van der Waals surface area contributed by atoms with Crippen molar-refractivity contribution in [3.8, 4) is 22.6 Å². The number of benzene rings is 3. The number of ether oxygens (including phenoxy) is 2. The van der Waals surface area contributed by atoms with Crippen molar-refractivity contribution in [2.75, 3.05) is 0 Å². The van der Waals surface area contributed by atoms with Crippen LogP contribution < -0.4 is 9.47 Å². The quantitative estimate of drug-likeness (QED) is 0.226. The monoisotopic (exact) mass is 506 g/mol. The van der Waals surface area contributed by atoms with E-state index in [0.717, 1.165) is 18.4 Å². The van der Waals surface area contributed by atoms with E-state index in [4.69, 9.17) is 0 Å². The molecule has 11 heteroatoms. The van der Waals surface area contributed by atoms with Gasteiger partial charge < -0.3 is 9.47 Å². The van der Waals surface area contributed by atoms with Gasteiger partial charge in [-0.3, -0.25) is 0 Å². The Kier molecular flexibility index (Phi) is 7.67. The topological polar surface area (TPSA) is 18.5 Å². The SMILES string of the molecule is CCCc1ccc(-c2cc(F)c(C(F)(F)Oc3cc(F)c(OC(F)=C(F)F)c(F)c3)c(F)c2)cc1. The van der Waals surface area contributed by atoms with E-state index in [2.05, 4.69) is 9.47 Å². The molecule has 35 heavy (non-hydrogen) atoms. The van der Waals surface area contributed by atoms with E-state index in [9.17, 15) is 39.5 Å². The minimum Gasteiger partial charge on any atom is -0.429 e. The van der Waals surface area contributed by atoms with Gasteiger partial charge in [-0.25, -0.2) is 17.6 Å². The number of aryl methyl sites for hydroxylation is 1. The summed E-state index contributed by atoms with van der Waals surface area (Å²) in [6, 6.07) is 5.32. The molecule has 0 spiro atoms. The van der Waals surface area contributed by atoms with Gasteiger partial charge in [0.25, 0.3) is 0 Å². The van der Waals surface area contributed by atoms with Gasteiger partial charge in [0.05, 0.1) is 0 Å². The average molecular weight is 506 g/mol. The molecular weight excluding hydrogens is 491 g/mol. The minimum absolute atomic E-state index is 0.0395. The molecule has 0 saturated heterocycles. The third-order valence-electron chi connectivity index (χ3n) is 4.72. The molecule has 0 fully saturated rings. The summed E-state index contributed by atoms with van der Waals surface area (Å²) in [5.74, 6) is -10.1. The summed E-state index contributed by atoms with van der Waals surface area (Å²) >= 11 is 0. The Morgan fingerprint density at radius 1 is 0.771 bits per heavy atom. The highest BCUT2D eigenvalue weighted by atomic mass is 19.3. The third-order valence-corrected chi connectivity index (χ3v) is 4.72. The van der Waals surface area contributed by atoms with Crippen molar-refractivity contribution in [2.24, 2.45) is 0 Å². The van der Waals surface area contributed by atoms with Crippen LogP contribution in [-0.2, 0) is 12.5 Å². The van der Waals surface area contributed by atoms with E-state index in [1.54, 1.807) is 24.3 Å². The Labute approximate surface area is 193 Å². The molecule has 0 amide bonds. The predicted octanol–water partition coefficient (Wildman–Crippen LogP) is 8.40. The molecule has 0 aliphatic rings. The lowest BCUT2D eigenvalue weighted by Crippen LogP contribution is -2.25. The fraction of sp³-hybridized carbons (Fsp3) is 0.167. The largest absolute Gasteiger partial charge is 0.432 e. The van der Waals surface area contributed by atoms with E-state index < -0.39 is 58.5 Å². The first-order valence-corrected chi connectivity index (χ1v) is 9.96. The van der Waals surface area contributed by atoms with Crippen molar-refractivity contribution in [3.63, 3.8) is 0 Å². The van der Waals surface area contributed by atoms with Gasteiger partial charge in [-0.05, 0) is 35.2 Å². The average Bonchev–Trinajstić information content (AvgIpc) is 2.75. The maximum Gasteiger partial charge on any atom is 0.432 e. The minimum atomic E-state index is -4.75. The van der Waals surface area contributed by atoms with Gasteiger partial charge in [0.1, 0.15) is 22.9 Å². The molecule has 3 rings (SSSR count). The van der Waals surface area contributed by atoms with Gasteiger partial charge in [0.15, 0.2) is 11.6 Å². The van der Waals surface area contributed by atoms with Crippen LogP contribution in [0.5, 0.6) is 11.5 Å². The zero-order chi connectivity index (χ0) is 25.9. The first kappa shape index (κ1) is 26.0. The summed E-state index contributed by atoms with van der Waals surface area (Å²) in [4.78, 5) is 0. The van der Waals surface area contributed by atoms with Gasteiger partial charge in [-0.1, -0.05) is 37.6 Å². The second-order valence-electron chi connectivity index (χ2n) is 7.23. The van der Waals surface area contributed by atoms with Crippen LogP contribution in [-0.4, -0.2) is 0 Å². The molecule has 3 aromatic carbocycles. The van der Waals surface area contributed by atoms with E-state index in [0.29, 0.717) is 17.7 Å². The number of alkyl halides is 2. The molecule has 3 aromatic rings. The molecule has 186 valence electrons. The van der Waals surface area contributed by atoms with Crippen LogP contribution in [0, 0.1) is 23.3 Å². The van der Waals surface area contributed by atoms with Crippen molar-refractivity contribution in [2.45, 2.75) is 25.9 Å². The molecule has 0 heterocycles. The van der Waals surface area contributed by atoms with Crippen LogP contribution in [0.1, 0.15) is 24.5 Å². The van der Waals surface area contributed by atoms with Crippen LogP contribution in [0.25, 0.3) is 11.1 Å². The Balaban J connectivity index is 1.90. The standard InChI is InChI=1S/C24H15F9O2/c1-2-3-12-4-6-13(7-5-12)14-8-16(25)20(17(26)9-14)24(32,33)35-15-10-18(27)21(19(28)11-15)34-23(31)22(29)30/h4-11H,2-3H2,1H3. The summed E-state index contributed by atoms with van der Waals surface area (Å²) in [7, 11) is 0. The van der Waals surface area contributed by atoms with E-state index in [1.165, 1.54) is 0 Å². The maximum absolute atomic E-state index is 14.6.